The molecule has 0 fully saturated rings. The highest BCUT2D eigenvalue weighted by Gasteiger charge is 2.21. The smallest absolute Gasteiger partial charge is 0.0701 e. The average Bonchev–Trinajstić information content (AvgIpc) is 3.46. The Balaban J connectivity index is 0.000000275. The fourth-order valence-electron chi connectivity index (χ4n) is 7.92. The second-order valence-electron chi connectivity index (χ2n) is 19.4. The molecule has 428 valence electrons. The molecule has 0 aromatic heterocycles. The van der Waals surface area contributed by atoms with E-state index in [0.717, 1.165) is 45.9 Å². The minimum absolute atomic E-state index is 0.0893. The van der Waals surface area contributed by atoms with Crippen molar-refractivity contribution >= 4 is 34.1 Å². The number of anilines is 6. The topological polar surface area (TPSA) is 86.8 Å². The first-order chi connectivity index (χ1) is 38.1. The zero-order valence-corrected chi connectivity index (χ0v) is 49.2. The van der Waals surface area contributed by atoms with Crippen molar-refractivity contribution < 1.29 is 37.9 Å². The molecule has 0 saturated heterocycles. The lowest BCUT2D eigenvalue weighted by Gasteiger charge is -2.37. The van der Waals surface area contributed by atoms with E-state index in [2.05, 4.69) is 213 Å². The van der Waals surface area contributed by atoms with Gasteiger partial charge in [0.2, 0.25) is 0 Å². The van der Waals surface area contributed by atoms with E-state index in [9.17, 15) is 0 Å². The van der Waals surface area contributed by atoms with Gasteiger partial charge in [-0.05, 0) is 114 Å². The fraction of sp³-hybridized carbons (Fsp3) is 0.455. The summed E-state index contributed by atoms with van der Waals surface area (Å²) in [7, 11) is 6.76. The molecule has 12 nitrogen and oxygen atoms in total. The molecule has 0 bridgehead atoms. The fourth-order valence-corrected chi connectivity index (χ4v) is 7.92. The second-order valence-corrected chi connectivity index (χ2v) is 19.4. The van der Waals surface area contributed by atoms with Crippen molar-refractivity contribution in [2.75, 3.05) is 160 Å². The van der Waals surface area contributed by atoms with E-state index in [-0.39, 0.29) is 5.54 Å². The molecule has 0 radical (unpaired) electrons. The summed E-state index contributed by atoms with van der Waals surface area (Å²) < 4.78 is 42.2. The summed E-state index contributed by atoms with van der Waals surface area (Å²) in [6, 6.07) is 58.9. The van der Waals surface area contributed by atoms with E-state index in [0.29, 0.717) is 66.1 Å². The van der Waals surface area contributed by atoms with Gasteiger partial charge in [0, 0.05) is 101 Å². The van der Waals surface area contributed by atoms with Crippen LogP contribution in [0.4, 0.5) is 34.1 Å². The van der Waals surface area contributed by atoms with E-state index in [1.54, 1.807) is 28.4 Å². The van der Waals surface area contributed by atoms with Crippen LogP contribution in [0.1, 0.15) is 51.7 Å². The first kappa shape index (κ1) is 66.5. The normalized spacial score (nSPS) is 10.8. The second kappa shape index (κ2) is 42.2. The summed E-state index contributed by atoms with van der Waals surface area (Å²) in [5, 5.41) is 0. The SMILES string of the molecule is CCCCN(CCOCCOC)c1ccccc1.COCCOCCN(c1ccc(C)cc1)c1ccc(C)cc1.COCCOCCN(c1ccccc1)C(C)(C)C.COCCOCCN(c1ccccc1)c1ccccc1. The minimum atomic E-state index is 0.0893. The maximum absolute atomic E-state index is 5.63. The highest BCUT2D eigenvalue weighted by molar-refractivity contribution is 5.64. The lowest BCUT2D eigenvalue weighted by Crippen LogP contribution is -2.43. The maximum Gasteiger partial charge on any atom is 0.0701 e. The number of ether oxygens (including phenoxy) is 8. The molecule has 0 N–H and O–H groups in total. The molecule has 0 amide bonds. The van der Waals surface area contributed by atoms with Crippen molar-refractivity contribution in [2.45, 2.75) is 59.9 Å². The third kappa shape index (κ3) is 28.7. The molecule has 6 aromatic carbocycles. The Kier molecular flexibility index (Phi) is 36.0. The highest BCUT2D eigenvalue weighted by atomic mass is 16.5. The highest BCUT2D eigenvalue weighted by Crippen LogP contribution is 2.27. The van der Waals surface area contributed by atoms with Crippen molar-refractivity contribution in [1.29, 1.82) is 0 Å². The van der Waals surface area contributed by atoms with Crippen molar-refractivity contribution in [2.24, 2.45) is 0 Å². The summed E-state index contributed by atoms with van der Waals surface area (Å²) in [5.41, 5.74) is 9.86. The van der Waals surface area contributed by atoms with Crippen LogP contribution in [0.3, 0.4) is 0 Å². The van der Waals surface area contributed by atoms with Crippen LogP contribution < -0.4 is 19.6 Å². The van der Waals surface area contributed by atoms with E-state index in [1.165, 1.54) is 58.1 Å². The van der Waals surface area contributed by atoms with Gasteiger partial charge in [0.1, 0.15) is 0 Å². The number of unbranched alkanes of at least 4 members (excludes halogenated alkanes) is 1. The van der Waals surface area contributed by atoms with Gasteiger partial charge in [0.05, 0.1) is 79.3 Å². The van der Waals surface area contributed by atoms with Gasteiger partial charge >= 0.3 is 0 Å². The Hall–Kier alpha value is -5.80. The molecule has 0 aliphatic carbocycles. The minimum Gasteiger partial charge on any atom is -0.382 e. The lowest BCUT2D eigenvalue weighted by atomic mass is 10.0. The number of hydrogen-bond donors (Lipinski definition) is 0. The van der Waals surface area contributed by atoms with E-state index in [1.807, 2.05) is 18.2 Å². The van der Waals surface area contributed by atoms with Gasteiger partial charge in [-0.15, -0.1) is 0 Å². The molecule has 0 aliphatic rings. The van der Waals surface area contributed by atoms with Gasteiger partial charge < -0.3 is 57.5 Å². The molecule has 6 aromatic rings. The largest absolute Gasteiger partial charge is 0.382 e. The molecule has 78 heavy (non-hydrogen) atoms. The Morgan fingerprint density at radius 3 is 0.962 bits per heavy atom. The zero-order chi connectivity index (χ0) is 56.3. The number of para-hydroxylation sites is 4. The molecule has 6 rings (SSSR count). The number of aryl methyl sites for hydroxylation is 2. The Labute approximate surface area is 471 Å². The first-order valence-corrected chi connectivity index (χ1v) is 27.7. The van der Waals surface area contributed by atoms with Gasteiger partial charge in [-0.25, -0.2) is 0 Å². The maximum atomic E-state index is 5.63. The van der Waals surface area contributed by atoms with Crippen LogP contribution in [0.15, 0.2) is 170 Å². The van der Waals surface area contributed by atoms with Crippen LogP contribution in [0.2, 0.25) is 0 Å². The van der Waals surface area contributed by atoms with E-state index < -0.39 is 0 Å². The monoisotopic (exact) mass is 1070 g/mol. The molecular weight excluding hydrogens is 977 g/mol. The van der Waals surface area contributed by atoms with Crippen LogP contribution in [0, 0.1) is 13.8 Å². The molecule has 0 heterocycles. The molecule has 12 heteroatoms. The quantitative estimate of drug-likeness (QED) is 0.0368. The number of hydrogen-bond acceptors (Lipinski definition) is 12. The van der Waals surface area contributed by atoms with Crippen LogP contribution in [0.5, 0.6) is 0 Å². The number of nitrogens with zero attached hydrogens (tertiary/aromatic N) is 4. The molecule has 0 saturated carbocycles. The Morgan fingerprint density at radius 1 is 0.321 bits per heavy atom. The standard InChI is InChI=1S/C19H25NO2.C17H21NO2.2C15H25NO2/c1-16-4-8-18(9-5-16)20(12-13-22-15-14-21-3)19-10-6-17(2)7-11-19;1-19-14-15-20-13-12-18(16-8-4-2-5-9-16)17-10-6-3-7-11-17;1-15(2,3)16(10-11-18-13-12-17-4)14-8-6-5-7-9-14;1-3-4-10-16(11-12-18-14-13-17-2)15-8-6-5-7-9-15/h4-11H,12-15H2,1-3H3;2-11H,12-15H2,1H3;5-9H,10-13H2,1-4H3;5-9H,3-4,10-14H2,1-2H3. The van der Waals surface area contributed by atoms with Crippen molar-refractivity contribution in [3.05, 3.63) is 181 Å². The number of rotatable bonds is 33. The number of benzene rings is 6. The summed E-state index contributed by atoms with van der Waals surface area (Å²) >= 11 is 0. The molecule has 0 aliphatic heterocycles. The third-order valence-corrected chi connectivity index (χ3v) is 12.2. The predicted octanol–water partition coefficient (Wildman–Crippen LogP) is 13.5. The van der Waals surface area contributed by atoms with Crippen LogP contribution in [0.25, 0.3) is 0 Å². The summed E-state index contributed by atoms with van der Waals surface area (Å²) in [4.78, 5) is 9.29. The van der Waals surface area contributed by atoms with E-state index >= 15 is 0 Å². The van der Waals surface area contributed by atoms with Gasteiger partial charge in [-0.1, -0.05) is 122 Å². The summed E-state index contributed by atoms with van der Waals surface area (Å²) in [6.45, 7) is 25.6. The van der Waals surface area contributed by atoms with Gasteiger partial charge in [-0.3, -0.25) is 0 Å². The third-order valence-electron chi connectivity index (χ3n) is 12.2. The molecular formula is C66H96N4O8. The molecule has 0 unspecified atom stereocenters. The van der Waals surface area contributed by atoms with Crippen LogP contribution in [-0.2, 0) is 37.9 Å². The van der Waals surface area contributed by atoms with Gasteiger partial charge in [-0.2, -0.15) is 0 Å². The van der Waals surface area contributed by atoms with Gasteiger partial charge in [0.25, 0.3) is 0 Å². The number of methoxy groups -OCH3 is 4. The molecule has 0 atom stereocenters. The molecule has 0 spiro atoms. The Morgan fingerprint density at radius 2 is 0.628 bits per heavy atom. The Bertz CT molecular complexity index is 2190. The summed E-state index contributed by atoms with van der Waals surface area (Å²) in [5.74, 6) is 0. The van der Waals surface area contributed by atoms with Crippen molar-refractivity contribution in [3.8, 4) is 0 Å². The van der Waals surface area contributed by atoms with E-state index in [4.69, 9.17) is 37.9 Å². The van der Waals surface area contributed by atoms with Crippen LogP contribution in [-0.4, -0.2) is 146 Å². The first-order valence-electron chi connectivity index (χ1n) is 27.7. The summed E-state index contributed by atoms with van der Waals surface area (Å²) in [6.07, 6.45) is 2.43. The van der Waals surface area contributed by atoms with Crippen LogP contribution >= 0.6 is 0 Å². The van der Waals surface area contributed by atoms with Crippen molar-refractivity contribution in [1.82, 2.24) is 0 Å². The predicted molar refractivity (Wildman–Crippen MR) is 327 cm³/mol. The lowest BCUT2D eigenvalue weighted by molar-refractivity contribution is 0.0728. The zero-order valence-electron chi connectivity index (χ0n) is 49.2. The average molecular weight is 1070 g/mol. The van der Waals surface area contributed by atoms with Crippen molar-refractivity contribution in [3.63, 3.8) is 0 Å². The van der Waals surface area contributed by atoms with Gasteiger partial charge in [0.15, 0.2) is 0 Å².